The maximum Gasteiger partial charge on any atom is 0.573 e. The number of aromatic nitrogens is 1. The average Bonchev–Trinajstić information content (AvgIpc) is 2.70. The molecule has 4 rings (SSSR count). The normalized spacial score (nSPS) is 12.4. The zero-order chi connectivity index (χ0) is 20.4. The number of rotatable bonds is 4. The number of nitrogens with one attached hydrogen (secondary N) is 1. The number of carbonyl (C=O) groups excluding carboxylic acids is 1. The van der Waals surface area contributed by atoms with Crippen LogP contribution in [0.15, 0.2) is 60.9 Å². The van der Waals surface area contributed by atoms with Crippen LogP contribution in [-0.2, 0) is 13.2 Å². The summed E-state index contributed by atoms with van der Waals surface area (Å²) in [6.45, 7) is 0.424. The zero-order valence-electron chi connectivity index (χ0n) is 15.0. The predicted octanol–water partition coefficient (Wildman–Crippen LogP) is 4.47. The Kier molecular flexibility index (Phi) is 4.84. The Bertz CT molecular complexity index is 1070. The molecule has 0 saturated heterocycles. The second-order valence-corrected chi connectivity index (χ2v) is 6.41. The van der Waals surface area contributed by atoms with Gasteiger partial charge in [-0.25, -0.2) is 0 Å². The van der Waals surface area contributed by atoms with Gasteiger partial charge in [0.2, 0.25) is 0 Å². The molecule has 0 aliphatic carbocycles. The van der Waals surface area contributed by atoms with Gasteiger partial charge in [-0.3, -0.25) is 9.78 Å². The third-order valence-corrected chi connectivity index (χ3v) is 4.41. The van der Waals surface area contributed by atoms with Gasteiger partial charge in [-0.2, -0.15) is 0 Å². The van der Waals surface area contributed by atoms with Crippen LogP contribution in [0, 0.1) is 0 Å². The standard InChI is InChI=1S/C21H15F3N2O3/c22-21(23,24)29-16-3-1-2-13(8-16)10-26-20(27)14-4-5-18-17-6-7-25-11-15(17)12-28-19(18)9-14/h1-9,11H,10,12H2,(H,26,27). The number of nitrogens with zero attached hydrogens (tertiary/aromatic N) is 1. The summed E-state index contributed by atoms with van der Waals surface area (Å²) in [7, 11) is 0. The summed E-state index contributed by atoms with van der Waals surface area (Å²) in [5, 5.41) is 2.69. The fraction of sp³-hybridized carbons (Fsp3) is 0.143. The van der Waals surface area contributed by atoms with Crippen LogP contribution >= 0.6 is 0 Å². The number of hydrogen-bond donors (Lipinski definition) is 1. The highest BCUT2D eigenvalue weighted by atomic mass is 19.4. The molecule has 1 aliphatic heterocycles. The molecule has 1 amide bonds. The molecule has 2 heterocycles. The van der Waals surface area contributed by atoms with Gasteiger partial charge in [0, 0.05) is 35.6 Å². The van der Waals surface area contributed by atoms with Crippen molar-refractivity contribution < 1.29 is 27.4 Å². The fourth-order valence-electron chi connectivity index (χ4n) is 3.10. The SMILES string of the molecule is O=C(NCc1cccc(OC(F)(F)F)c1)c1ccc2c(c1)OCc1cnccc1-2. The first-order valence-corrected chi connectivity index (χ1v) is 8.72. The smallest absolute Gasteiger partial charge is 0.488 e. The number of hydrogen-bond acceptors (Lipinski definition) is 4. The van der Waals surface area contributed by atoms with Gasteiger partial charge in [0.05, 0.1) is 0 Å². The van der Waals surface area contributed by atoms with Crippen molar-refractivity contribution in [3.8, 4) is 22.6 Å². The molecule has 1 aromatic heterocycles. The van der Waals surface area contributed by atoms with Gasteiger partial charge in [0.1, 0.15) is 18.1 Å². The number of fused-ring (bicyclic) bond motifs is 3. The first-order valence-electron chi connectivity index (χ1n) is 8.72. The summed E-state index contributed by atoms with van der Waals surface area (Å²) >= 11 is 0. The number of benzene rings is 2. The van der Waals surface area contributed by atoms with Crippen LogP contribution in [0.4, 0.5) is 13.2 Å². The molecule has 1 aliphatic rings. The lowest BCUT2D eigenvalue weighted by Crippen LogP contribution is -2.23. The predicted molar refractivity (Wildman–Crippen MR) is 98.3 cm³/mol. The van der Waals surface area contributed by atoms with E-state index in [9.17, 15) is 18.0 Å². The summed E-state index contributed by atoms with van der Waals surface area (Å²) in [6.07, 6.45) is -1.32. The second-order valence-electron chi connectivity index (χ2n) is 6.41. The Labute approximate surface area is 164 Å². The number of alkyl halides is 3. The summed E-state index contributed by atoms with van der Waals surface area (Å²) < 4.78 is 46.6. The van der Waals surface area contributed by atoms with E-state index in [2.05, 4.69) is 15.0 Å². The Morgan fingerprint density at radius 2 is 2.00 bits per heavy atom. The lowest BCUT2D eigenvalue weighted by molar-refractivity contribution is -0.274. The van der Waals surface area contributed by atoms with E-state index in [0.717, 1.165) is 16.7 Å². The van der Waals surface area contributed by atoms with Gasteiger partial charge in [0.15, 0.2) is 0 Å². The van der Waals surface area contributed by atoms with E-state index in [4.69, 9.17) is 4.74 Å². The molecule has 0 unspecified atom stereocenters. The quantitative estimate of drug-likeness (QED) is 0.702. The highest BCUT2D eigenvalue weighted by Gasteiger charge is 2.31. The van der Waals surface area contributed by atoms with Crippen LogP contribution in [-0.4, -0.2) is 17.3 Å². The molecule has 8 heteroatoms. The van der Waals surface area contributed by atoms with E-state index >= 15 is 0 Å². The second kappa shape index (κ2) is 7.46. The van der Waals surface area contributed by atoms with E-state index < -0.39 is 6.36 Å². The molecule has 2 aromatic carbocycles. The largest absolute Gasteiger partial charge is 0.573 e. The molecule has 3 aromatic rings. The topological polar surface area (TPSA) is 60.5 Å². The van der Waals surface area contributed by atoms with E-state index in [0.29, 0.717) is 23.5 Å². The minimum Gasteiger partial charge on any atom is -0.488 e. The van der Waals surface area contributed by atoms with E-state index in [1.807, 2.05) is 6.07 Å². The van der Waals surface area contributed by atoms with Crippen molar-refractivity contribution in [1.82, 2.24) is 10.3 Å². The lowest BCUT2D eigenvalue weighted by Gasteiger charge is -2.20. The van der Waals surface area contributed by atoms with Crippen molar-refractivity contribution in [2.24, 2.45) is 0 Å². The maximum absolute atomic E-state index is 12.5. The first kappa shape index (κ1) is 18.8. The van der Waals surface area contributed by atoms with E-state index in [1.165, 1.54) is 18.2 Å². The molecule has 148 valence electrons. The zero-order valence-corrected chi connectivity index (χ0v) is 15.0. The van der Waals surface area contributed by atoms with Crippen molar-refractivity contribution in [1.29, 1.82) is 0 Å². The number of carbonyl (C=O) groups is 1. The minimum absolute atomic E-state index is 0.0559. The molecule has 5 nitrogen and oxygen atoms in total. The van der Waals surface area contributed by atoms with Crippen molar-refractivity contribution in [2.45, 2.75) is 19.5 Å². The maximum atomic E-state index is 12.5. The molecule has 0 saturated carbocycles. The van der Waals surface area contributed by atoms with Crippen LogP contribution in [0.1, 0.15) is 21.5 Å². The van der Waals surface area contributed by atoms with Gasteiger partial charge < -0.3 is 14.8 Å². The molecular formula is C21H15F3N2O3. The third kappa shape index (κ3) is 4.31. The summed E-state index contributed by atoms with van der Waals surface area (Å²) in [5.74, 6) is -0.101. The molecule has 29 heavy (non-hydrogen) atoms. The number of amides is 1. The lowest BCUT2D eigenvalue weighted by atomic mass is 9.97. The van der Waals surface area contributed by atoms with Crippen molar-refractivity contribution in [2.75, 3.05) is 0 Å². The molecular weight excluding hydrogens is 385 g/mol. The van der Waals surface area contributed by atoms with Gasteiger partial charge in [0.25, 0.3) is 5.91 Å². The van der Waals surface area contributed by atoms with Crippen LogP contribution in [0.2, 0.25) is 0 Å². The Morgan fingerprint density at radius 3 is 2.83 bits per heavy atom. The van der Waals surface area contributed by atoms with Crippen LogP contribution in [0.25, 0.3) is 11.1 Å². The molecule has 0 spiro atoms. The van der Waals surface area contributed by atoms with Crippen LogP contribution in [0.3, 0.4) is 0 Å². The number of ether oxygens (including phenoxy) is 2. The Hall–Kier alpha value is -3.55. The highest BCUT2D eigenvalue weighted by Crippen LogP contribution is 2.37. The summed E-state index contributed by atoms with van der Waals surface area (Å²) in [6, 6.07) is 12.5. The van der Waals surface area contributed by atoms with Crippen molar-refractivity contribution in [3.05, 3.63) is 77.6 Å². The Balaban J connectivity index is 1.46. The molecule has 0 radical (unpaired) electrons. The van der Waals surface area contributed by atoms with Crippen molar-refractivity contribution in [3.63, 3.8) is 0 Å². The molecule has 0 atom stereocenters. The average molecular weight is 400 g/mol. The molecule has 1 N–H and O–H groups in total. The summed E-state index contributed by atoms with van der Waals surface area (Å²) in [5.41, 5.74) is 3.73. The first-order chi connectivity index (χ1) is 13.9. The van der Waals surface area contributed by atoms with Crippen molar-refractivity contribution >= 4 is 5.91 Å². The van der Waals surface area contributed by atoms with Crippen LogP contribution in [0.5, 0.6) is 11.5 Å². The van der Waals surface area contributed by atoms with E-state index in [1.54, 1.807) is 36.7 Å². The van der Waals surface area contributed by atoms with Gasteiger partial charge in [-0.05, 0) is 47.5 Å². The van der Waals surface area contributed by atoms with E-state index in [-0.39, 0.29) is 18.2 Å². The summed E-state index contributed by atoms with van der Waals surface area (Å²) in [4.78, 5) is 16.6. The minimum atomic E-state index is -4.76. The Morgan fingerprint density at radius 1 is 1.14 bits per heavy atom. The highest BCUT2D eigenvalue weighted by molar-refractivity contribution is 5.95. The molecule has 0 fully saturated rings. The fourth-order valence-corrected chi connectivity index (χ4v) is 3.10. The van der Waals surface area contributed by atoms with Gasteiger partial charge >= 0.3 is 6.36 Å². The van der Waals surface area contributed by atoms with Crippen LogP contribution < -0.4 is 14.8 Å². The monoisotopic (exact) mass is 400 g/mol. The van der Waals surface area contributed by atoms with Gasteiger partial charge in [-0.1, -0.05) is 12.1 Å². The molecule has 0 bridgehead atoms. The van der Waals surface area contributed by atoms with Gasteiger partial charge in [-0.15, -0.1) is 13.2 Å². The third-order valence-electron chi connectivity index (χ3n) is 4.41. The number of halogens is 3. The number of pyridine rings is 1.